The van der Waals surface area contributed by atoms with Crippen molar-refractivity contribution in [2.24, 2.45) is 5.92 Å². The van der Waals surface area contributed by atoms with E-state index >= 15 is 0 Å². The number of rotatable bonds is 5. The zero-order chi connectivity index (χ0) is 13.5. The van der Waals surface area contributed by atoms with Crippen molar-refractivity contribution in [2.75, 3.05) is 19.7 Å². The molecule has 2 fully saturated rings. The van der Waals surface area contributed by atoms with Crippen LogP contribution in [0.25, 0.3) is 0 Å². The minimum absolute atomic E-state index is 0.0629. The van der Waals surface area contributed by atoms with Gasteiger partial charge < -0.3 is 15.4 Å². The first-order valence-electron chi connectivity index (χ1n) is 7.88. The molecule has 2 N–H and O–H groups in total. The van der Waals surface area contributed by atoms with Crippen molar-refractivity contribution in [3.05, 3.63) is 0 Å². The molecule has 2 unspecified atom stereocenters. The van der Waals surface area contributed by atoms with Crippen LogP contribution in [0.5, 0.6) is 0 Å². The Balaban J connectivity index is 1.54. The molecule has 0 bridgehead atoms. The van der Waals surface area contributed by atoms with Gasteiger partial charge in [0.25, 0.3) is 0 Å². The average Bonchev–Trinajstić information content (AvgIpc) is 2.68. The molecule has 0 aromatic carbocycles. The lowest BCUT2D eigenvalue weighted by Crippen LogP contribution is -2.39. The lowest BCUT2D eigenvalue weighted by molar-refractivity contribution is -0.124. The van der Waals surface area contributed by atoms with Crippen LogP contribution in [0.1, 0.15) is 51.9 Å². The molecule has 0 spiro atoms. The van der Waals surface area contributed by atoms with E-state index in [9.17, 15) is 4.79 Å². The molecule has 1 saturated heterocycles. The van der Waals surface area contributed by atoms with E-state index in [1.165, 1.54) is 38.5 Å². The second-order valence-electron chi connectivity index (χ2n) is 6.01. The zero-order valence-electron chi connectivity index (χ0n) is 12.1. The molecule has 1 saturated carbocycles. The number of hydrogen-bond acceptors (Lipinski definition) is 3. The van der Waals surface area contributed by atoms with E-state index in [2.05, 4.69) is 10.6 Å². The summed E-state index contributed by atoms with van der Waals surface area (Å²) in [4.78, 5) is 11.9. The van der Waals surface area contributed by atoms with Crippen molar-refractivity contribution in [3.63, 3.8) is 0 Å². The maximum absolute atomic E-state index is 11.9. The molecule has 0 radical (unpaired) electrons. The van der Waals surface area contributed by atoms with E-state index in [4.69, 9.17) is 4.74 Å². The van der Waals surface area contributed by atoms with Crippen LogP contribution in [0.3, 0.4) is 0 Å². The van der Waals surface area contributed by atoms with Crippen molar-refractivity contribution in [2.45, 2.75) is 64.0 Å². The van der Waals surface area contributed by atoms with E-state index in [1.807, 2.05) is 6.92 Å². The zero-order valence-corrected chi connectivity index (χ0v) is 12.1. The molecule has 1 aliphatic carbocycles. The SMILES string of the molecule is CC1CC(C(=O)NCCNC2CCCCCC2)CO1. The number of carbonyl (C=O) groups excluding carboxylic acids is 1. The summed E-state index contributed by atoms with van der Waals surface area (Å²) in [5.41, 5.74) is 0. The van der Waals surface area contributed by atoms with Gasteiger partial charge in [0.1, 0.15) is 0 Å². The molecule has 0 aromatic rings. The van der Waals surface area contributed by atoms with Gasteiger partial charge in [0.15, 0.2) is 0 Å². The van der Waals surface area contributed by atoms with Crippen LogP contribution in [-0.2, 0) is 9.53 Å². The summed E-state index contributed by atoms with van der Waals surface area (Å²) < 4.78 is 5.43. The normalized spacial score (nSPS) is 29.1. The Kier molecular flexibility index (Phi) is 6.11. The summed E-state index contributed by atoms with van der Waals surface area (Å²) in [7, 11) is 0. The van der Waals surface area contributed by atoms with E-state index < -0.39 is 0 Å². The van der Waals surface area contributed by atoms with Crippen LogP contribution in [0.2, 0.25) is 0 Å². The third kappa shape index (κ3) is 5.11. The number of amides is 1. The summed E-state index contributed by atoms with van der Waals surface area (Å²) >= 11 is 0. The van der Waals surface area contributed by atoms with Gasteiger partial charge in [0, 0.05) is 19.1 Å². The van der Waals surface area contributed by atoms with Crippen LogP contribution in [0, 0.1) is 5.92 Å². The largest absolute Gasteiger partial charge is 0.378 e. The molecule has 1 heterocycles. The van der Waals surface area contributed by atoms with E-state index in [0.717, 1.165) is 19.5 Å². The summed E-state index contributed by atoms with van der Waals surface area (Å²) in [5, 5.41) is 6.59. The topological polar surface area (TPSA) is 50.4 Å². The highest BCUT2D eigenvalue weighted by Crippen LogP contribution is 2.19. The fourth-order valence-corrected chi connectivity index (χ4v) is 3.09. The van der Waals surface area contributed by atoms with Gasteiger partial charge in [-0.3, -0.25) is 4.79 Å². The molecule has 110 valence electrons. The predicted molar refractivity (Wildman–Crippen MR) is 76.0 cm³/mol. The van der Waals surface area contributed by atoms with Gasteiger partial charge in [-0.25, -0.2) is 0 Å². The lowest BCUT2D eigenvalue weighted by Gasteiger charge is -2.16. The van der Waals surface area contributed by atoms with Crippen LogP contribution in [0.15, 0.2) is 0 Å². The minimum Gasteiger partial charge on any atom is -0.378 e. The van der Waals surface area contributed by atoms with E-state index in [1.54, 1.807) is 0 Å². The van der Waals surface area contributed by atoms with Crippen molar-refractivity contribution in [1.29, 1.82) is 0 Å². The number of nitrogens with one attached hydrogen (secondary N) is 2. The number of carbonyl (C=O) groups is 1. The van der Waals surface area contributed by atoms with Gasteiger partial charge in [-0.1, -0.05) is 25.7 Å². The maximum atomic E-state index is 11.9. The summed E-state index contributed by atoms with van der Waals surface area (Å²) in [6.45, 7) is 4.24. The Labute approximate surface area is 116 Å². The van der Waals surface area contributed by atoms with Gasteiger partial charge in [-0.2, -0.15) is 0 Å². The minimum atomic E-state index is 0.0629. The summed E-state index contributed by atoms with van der Waals surface area (Å²) in [6.07, 6.45) is 9.15. The maximum Gasteiger partial charge on any atom is 0.225 e. The Morgan fingerprint density at radius 2 is 1.89 bits per heavy atom. The second-order valence-corrected chi connectivity index (χ2v) is 6.01. The highest BCUT2D eigenvalue weighted by Gasteiger charge is 2.27. The predicted octanol–water partition coefficient (Wildman–Crippen LogP) is 1.84. The molecule has 2 atom stereocenters. The molecular formula is C15H28N2O2. The number of ether oxygens (including phenoxy) is 1. The lowest BCUT2D eigenvalue weighted by atomic mass is 10.1. The Morgan fingerprint density at radius 1 is 1.16 bits per heavy atom. The molecule has 19 heavy (non-hydrogen) atoms. The standard InChI is InChI=1S/C15H28N2O2/c1-12-10-13(11-19-12)15(18)17-9-8-16-14-6-4-2-3-5-7-14/h12-14,16H,2-11H2,1H3,(H,17,18). The van der Waals surface area contributed by atoms with Crippen molar-refractivity contribution < 1.29 is 9.53 Å². The molecule has 2 rings (SSSR count). The quantitative estimate of drug-likeness (QED) is 0.591. The molecule has 0 aromatic heterocycles. The third-order valence-corrected chi connectivity index (χ3v) is 4.28. The van der Waals surface area contributed by atoms with E-state index in [-0.39, 0.29) is 17.9 Å². The fraction of sp³-hybridized carbons (Fsp3) is 0.933. The first kappa shape index (κ1) is 14.8. The van der Waals surface area contributed by atoms with Crippen LogP contribution < -0.4 is 10.6 Å². The summed E-state index contributed by atoms with van der Waals surface area (Å²) in [6, 6.07) is 0.661. The van der Waals surface area contributed by atoms with Crippen LogP contribution >= 0.6 is 0 Å². The molecule has 1 amide bonds. The number of hydrogen-bond donors (Lipinski definition) is 2. The van der Waals surface area contributed by atoms with Crippen molar-refractivity contribution >= 4 is 5.91 Å². The first-order chi connectivity index (χ1) is 9.25. The van der Waals surface area contributed by atoms with Gasteiger partial charge in [-0.15, -0.1) is 0 Å². The fourth-order valence-electron chi connectivity index (χ4n) is 3.09. The van der Waals surface area contributed by atoms with E-state index in [0.29, 0.717) is 12.6 Å². The highest BCUT2D eigenvalue weighted by molar-refractivity contribution is 5.79. The third-order valence-electron chi connectivity index (χ3n) is 4.28. The molecule has 4 nitrogen and oxygen atoms in total. The van der Waals surface area contributed by atoms with Crippen molar-refractivity contribution in [3.8, 4) is 0 Å². The van der Waals surface area contributed by atoms with Crippen molar-refractivity contribution in [1.82, 2.24) is 10.6 Å². The van der Waals surface area contributed by atoms with Gasteiger partial charge in [-0.05, 0) is 26.2 Å². The molecule has 1 aliphatic heterocycles. The Bertz CT molecular complexity index is 275. The second kappa shape index (κ2) is 7.85. The first-order valence-corrected chi connectivity index (χ1v) is 7.88. The molecule has 2 aliphatic rings. The Hall–Kier alpha value is -0.610. The van der Waals surface area contributed by atoms with Gasteiger partial charge >= 0.3 is 0 Å². The van der Waals surface area contributed by atoms with Gasteiger partial charge in [0.05, 0.1) is 18.6 Å². The van der Waals surface area contributed by atoms with Gasteiger partial charge in [0.2, 0.25) is 5.91 Å². The molecular weight excluding hydrogens is 240 g/mol. The average molecular weight is 268 g/mol. The monoisotopic (exact) mass is 268 g/mol. The highest BCUT2D eigenvalue weighted by atomic mass is 16.5. The smallest absolute Gasteiger partial charge is 0.225 e. The summed E-state index contributed by atoms with van der Waals surface area (Å²) in [5.74, 6) is 0.222. The van der Waals surface area contributed by atoms with Crippen LogP contribution in [-0.4, -0.2) is 37.7 Å². The van der Waals surface area contributed by atoms with Crippen LogP contribution in [0.4, 0.5) is 0 Å². The Morgan fingerprint density at radius 3 is 2.53 bits per heavy atom. The molecule has 4 heteroatoms.